The Bertz CT molecular complexity index is 898. The Morgan fingerprint density at radius 2 is 1.78 bits per heavy atom. The molecule has 1 fully saturated rings. The number of halogens is 3. The topological polar surface area (TPSA) is 29.5 Å². The van der Waals surface area contributed by atoms with Crippen molar-refractivity contribution in [3.8, 4) is 0 Å². The fourth-order valence-corrected chi connectivity index (χ4v) is 3.88. The highest BCUT2D eigenvalue weighted by Crippen LogP contribution is 2.39. The van der Waals surface area contributed by atoms with Crippen LogP contribution < -0.4 is 0 Å². The van der Waals surface area contributed by atoms with Crippen LogP contribution in [0.2, 0.25) is 0 Å². The first kappa shape index (κ1) is 17.6. The minimum atomic E-state index is -1.21. The third kappa shape index (κ3) is 3.44. The molecule has 0 aliphatic carbocycles. The van der Waals surface area contributed by atoms with Gasteiger partial charge in [0.1, 0.15) is 12.4 Å². The van der Waals surface area contributed by atoms with Crippen LogP contribution in [0.4, 0.5) is 18.0 Å². The van der Waals surface area contributed by atoms with Gasteiger partial charge in [0.15, 0.2) is 11.6 Å². The first-order chi connectivity index (χ1) is 13.0. The third-order valence-electron chi connectivity index (χ3n) is 5.17. The molecule has 2 aromatic carbocycles. The Morgan fingerprint density at radius 1 is 1.04 bits per heavy atom. The lowest BCUT2D eigenvalue weighted by molar-refractivity contribution is 0.0832. The van der Waals surface area contributed by atoms with Gasteiger partial charge < -0.3 is 4.74 Å². The summed E-state index contributed by atoms with van der Waals surface area (Å²) in [4.78, 5) is 14.2. The lowest BCUT2D eigenvalue weighted by atomic mass is 9.94. The molecule has 2 atom stereocenters. The molecule has 2 aromatic rings. The van der Waals surface area contributed by atoms with Crippen molar-refractivity contribution in [3.05, 3.63) is 77.1 Å². The van der Waals surface area contributed by atoms with Crippen molar-refractivity contribution in [2.24, 2.45) is 0 Å². The summed E-state index contributed by atoms with van der Waals surface area (Å²) in [5.41, 5.74) is 1.56. The van der Waals surface area contributed by atoms with Gasteiger partial charge in [0, 0.05) is 17.7 Å². The quantitative estimate of drug-likeness (QED) is 0.704. The molecule has 0 saturated carbocycles. The highest BCUT2D eigenvalue weighted by molar-refractivity contribution is 5.75. The SMILES string of the molecule is O=C(OCc1ccccc1)N1C2C=C(c3cc(F)c(F)cc3F)CC1CC2. The Morgan fingerprint density at radius 3 is 2.52 bits per heavy atom. The molecule has 2 aliphatic heterocycles. The van der Waals surface area contributed by atoms with Crippen LogP contribution in [-0.4, -0.2) is 23.1 Å². The Hall–Kier alpha value is -2.76. The number of ether oxygens (including phenoxy) is 1. The smallest absolute Gasteiger partial charge is 0.410 e. The van der Waals surface area contributed by atoms with Crippen LogP contribution in [0.15, 0.2) is 48.5 Å². The van der Waals surface area contributed by atoms with Gasteiger partial charge in [-0.2, -0.15) is 0 Å². The number of rotatable bonds is 3. The van der Waals surface area contributed by atoms with Gasteiger partial charge in [-0.05, 0) is 36.5 Å². The normalized spacial score (nSPS) is 21.1. The number of carbonyl (C=O) groups is 1. The summed E-state index contributed by atoms with van der Waals surface area (Å²) in [6.45, 7) is 0.185. The second-order valence-corrected chi connectivity index (χ2v) is 6.89. The molecule has 1 saturated heterocycles. The molecular weight excluding hydrogens is 355 g/mol. The van der Waals surface area contributed by atoms with E-state index in [1.54, 1.807) is 11.0 Å². The first-order valence-corrected chi connectivity index (χ1v) is 8.87. The average Bonchev–Trinajstić information content (AvgIpc) is 2.93. The highest BCUT2D eigenvalue weighted by Gasteiger charge is 2.41. The molecule has 2 heterocycles. The summed E-state index contributed by atoms with van der Waals surface area (Å²) in [6.07, 6.45) is 3.24. The average molecular weight is 373 g/mol. The minimum absolute atomic E-state index is 0.0584. The van der Waals surface area contributed by atoms with Crippen molar-refractivity contribution in [1.29, 1.82) is 0 Å². The van der Waals surface area contributed by atoms with Crippen molar-refractivity contribution in [3.63, 3.8) is 0 Å². The summed E-state index contributed by atoms with van der Waals surface area (Å²) >= 11 is 0. The standard InChI is InChI=1S/C21H18F3NO2/c22-18-11-20(24)19(23)10-17(18)14-8-15-6-7-16(9-14)25(15)21(26)27-12-13-4-2-1-3-5-13/h1-5,8,10-11,15-16H,6-7,9,12H2. The largest absolute Gasteiger partial charge is 0.445 e. The predicted molar refractivity (Wildman–Crippen MR) is 94.2 cm³/mol. The summed E-state index contributed by atoms with van der Waals surface area (Å²) < 4.78 is 46.2. The molecule has 6 heteroatoms. The van der Waals surface area contributed by atoms with E-state index in [4.69, 9.17) is 4.74 Å². The van der Waals surface area contributed by atoms with E-state index in [2.05, 4.69) is 0 Å². The molecule has 2 aliphatic rings. The maximum Gasteiger partial charge on any atom is 0.410 e. The van der Waals surface area contributed by atoms with Crippen molar-refractivity contribution < 1.29 is 22.7 Å². The molecule has 0 radical (unpaired) electrons. The van der Waals surface area contributed by atoms with Crippen molar-refractivity contribution >= 4 is 11.7 Å². The van der Waals surface area contributed by atoms with Crippen LogP contribution >= 0.6 is 0 Å². The van der Waals surface area contributed by atoms with E-state index >= 15 is 0 Å². The third-order valence-corrected chi connectivity index (χ3v) is 5.17. The molecule has 1 amide bonds. The van der Waals surface area contributed by atoms with E-state index in [0.717, 1.165) is 24.5 Å². The van der Waals surface area contributed by atoms with Crippen LogP contribution in [0.25, 0.3) is 5.57 Å². The summed E-state index contributed by atoms with van der Waals surface area (Å²) in [5.74, 6) is -3.08. The molecule has 0 aromatic heterocycles. The number of fused-ring (bicyclic) bond motifs is 2. The van der Waals surface area contributed by atoms with E-state index in [-0.39, 0.29) is 24.3 Å². The summed E-state index contributed by atoms with van der Waals surface area (Å²) in [7, 11) is 0. The minimum Gasteiger partial charge on any atom is -0.445 e. The molecular formula is C21H18F3NO2. The van der Waals surface area contributed by atoms with E-state index in [0.29, 0.717) is 18.1 Å². The van der Waals surface area contributed by atoms with Gasteiger partial charge in [-0.15, -0.1) is 0 Å². The molecule has 2 bridgehead atoms. The molecule has 3 nitrogen and oxygen atoms in total. The Kier molecular flexibility index (Phi) is 4.64. The van der Waals surface area contributed by atoms with Crippen LogP contribution in [0, 0.1) is 17.5 Å². The van der Waals surface area contributed by atoms with Crippen LogP contribution in [0.5, 0.6) is 0 Å². The molecule has 0 spiro atoms. The monoisotopic (exact) mass is 373 g/mol. The van der Waals surface area contributed by atoms with Gasteiger partial charge in [-0.1, -0.05) is 36.4 Å². The highest BCUT2D eigenvalue weighted by atomic mass is 19.2. The number of hydrogen-bond donors (Lipinski definition) is 0. The Labute approximate surface area is 155 Å². The summed E-state index contributed by atoms with van der Waals surface area (Å²) in [6, 6.07) is 10.5. The van der Waals surface area contributed by atoms with Crippen molar-refractivity contribution in [2.45, 2.75) is 38.0 Å². The van der Waals surface area contributed by atoms with Gasteiger partial charge >= 0.3 is 6.09 Å². The van der Waals surface area contributed by atoms with Gasteiger partial charge in [0.05, 0.1) is 6.04 Å². The zero-order valence-electron chi connectivity index (χ0n) is 14.5. The molecule has 4 rings (SSSR count). The van der Waals surface area contributed by atoms with Crippen molar-refractivity contribution in [1.82, 2.24) is 4.90 Å². The first-order valence-electron chi connectivity index (χ1n) is 8.87. The second kappa shape index (κ2) is 7.10. The number of carbonyl (C=O) groups excluding carboxylic acids is 1. The van der Waals surface area contributed by atoms with E-state index in [1.165, 1.54) is 0 Å². The van der Waals surface area contributed by atoms with Gasteiger partial charge in [-0.25, -0.2) is 18.0 Å². The zero-order chi connectivity index (χ0) is 19.0. The number of benzene rings is 2. The van der Waals surface area contributed by atoms with Gasteiger partial charge in [-0.3, -0.25) is 4.90 Å². The Balaban J connectivity index is 1.51. The van der Waals surface area contributed by atoms with Crippen LogP contribution in [0.1, 0.15) is 30.4 Å². The number of hydrogen-bond acceptors (Lipinski definition) is 2. The maximum atomic E-state index is 14.1. The second-order valence-electron chi connectivity index (χ2n) is 6.89. The number of nitrogens with zero attached hydrogens (tertiary/aromatic N) is 1. The zero-order valence-corrected chi connectivity index (χ0v) is 14.5. The molecule has 27 heavy (non-hydrogen) atoms. The maximum absolute atomic E-state index is 14.1. The van der Waals surface area contributed by atoms with Crippen LogP contribution in [-0.2, 0) is 11.3 Å². The van der Waals surface area contributed by atoms with Gasteiger partial charge in [0.25, 0.3) is 0 Å². The summed E-state index contributed by atoms with van der Waals surface area (Å²) in [5, 5.41) is 0. The van der Waals surface area contributed by atoms with Gasteiger partial charge in [0.2, 0.25) is 0 Å². The van der Waals surface area contributed by atoms with E-state index in [9.17, 15) is 18.0 Å². The lowest BCUT2D eigenvalue weighted by Gasteiger charge is -2.33. The molecule has 0 N–H and O–H groups in total. The predicted octanol–water partition coefficient (Wildman–Crippen LogP) is 5.06. The van der Waals surface area contributed by atoms with E-state index < -0.39 is 23.5 Å². The van der Waals surface area contributed by atoms with Crippen molar-refractivity contribution in [2.75, 3.05) is 0 Å². The lowest BCUT2D eigenvalue weighted by Crippen LogP contribution is -2.43. The molecule has 140 valence electrons. The number of amides is 1. The van der Waals surface area contributed by atoms with Crippen LogP contribution in [0.3, 0.4) is 0 Å². The fourth-order valence-electron chi connectivity index (χ4n) is 3.88. The molecule has 2 unspecified atom stereocenters. The fraction of sp³-hybridized carbons (Fsp3) is 0.286. The van der Waals surface area contributed by atoms with E-state index in [1.807, 2.05) is 30.3 Å².